The molecule has 0 saturated carbocycles. The summed E-state index contributed by atoms with van der Waals surface area (Å²) in [5.41, 5.74) is 1.90. The quantitative estimate of drug-likeness (QED) is 0.701. The van der Waals surface area contributed by atoms with Gasteiger partial charge in [-0.25, -0.2) is 9.37 Å². The molecule has 4 heteroatoms. The number of methoxy groups -OCH3 is 1. The van der Waals surface area contributed by atoms with Gasteiger partial charge in [0.05, 0.1) is 17.3 Å². The average molecular weight is 285 g/mol. The predicted octanol–water partition coefficient (Wildman–Crippen LogP) is 4.61. The zero-order chi connectivity index (χ0) is 13.9. The van der Waals surface area contributed by atoms with Crippen LogP contribution in [0, 0.1) is 5.82 Å². The number of halogens is 1. The van der Waals surface area contributed by atoms with Crippen LogP contribution < -0.4 is 4.74 Å². The first-order valence-corrected chi connectivity index (χ1v) is 6.94. The van der Waals surface area contributed by atoms with Gasteiger partial charge < -0.3 is 4.74 Å². The maximum atomic E-state index is 12.8. The van der Waals surface area contributed by atoms with Crippen molar-refractivity contribution in [1.82, 2.24) is 4.98 Å². The van der Waals surface area contributed by atoms with Gasteiger partial charge in [-0.05, 0) is 42.0 Å². The summed E-state index contributed by atoms with van der Waals surface area (Å²) in [6.45, 7) is 0. The van der Waals surface area contributed by atoms with Crippen LogP contribution >= 0.6 is 11.3 Å². The Morgan fingerprint density at radius 3 is 2.65 bits per heavy atom. The van der Waals surface area contributed by atoms with E-state index in [0.29, 0.717) is 0 Å². The second kappa shape index (κ2) is 5.43. The zero-order valence-electron chi connectivity index (χ0n) is 10.8. The molecule has 0 atom stereocenters. The molecular formula is C16H12FNOS. The van der Waals surface area contributed by atoms with Gasteiger partial charge in [0, 0.05) is 0 Å². The minimum absolute atomic E-state index is 0.228. The van der Waals surface area contributed by atoms with Crippen LogP contribution in [-0.4, -0.2) is 12.1 Å². The summed E-state index contributed by atoms with van der Waals surface area (Å²) in [5.74, 6) is 0.601. The lowest BCUT2D eigenvalue weighted by Gasteiger charge is -1.96. The molecule has 20 heavy (non-hydrogen) atoms. The molecule has 100 valence electrons. The first-order valence-electron chi connectivity index (χ1n) is 6.13. The Kier molecular flexibility index (Phi) is 3.48. The van der Waals surface area contributed by atoms with Crippen molar-refractivity contribution in [3.05, 3.63) is 58.9 Å². The minimum Gasteiger partial charge on any atom is -0.497 e. The highest BCUT2D eigenvalue weighted by molar-refractivity contribution is 7.19. The Balaban J connectivity index is 1.88. The highest BCUT2D eigenvalue weighted by Gasteiger charge is 2.02. The topological polar surface area (TPSA) is 22.1 Å². The SMILES string of the molecule is COc1ccc2nc(/C=C/c3ccc(F)cc3)sc2c1. The van der Waals surface area contributed by atoms with Gasteiger partial charge in [-0.3, -0.25) is 0 Å². The molecule has 0 bridgehead atoms. The van der Waals surface area contributed by atoms with Crippen molar-refractivity contribution >= 4 is 33.7 Å². The molecule has 3 rings (SSSR count). The molecule has 0 aliphatic heterocycles. The minimum atomic E-state index is -0.228. The van der Waals surface area contributed by atoms with Crippen LogP contribution in [-0.2, 0) is 0 Å². The third-order valence-corrected chi connectivity index (χ3v) is 3.88. The van der Waals surface area contributed by atoms with Crippen molar-refractivity contribution in [2.75, 3.05) is 7.11 Å². The normalized spacial score (nSPS) is 11.3. The fourth-order valence-corrected chi connectivity index (χ4v) is 2.76. The largest absolute Gasteiger partial charge is 0.497 e. The smallest absolute Gasteiger partial charge is 0.123 e. The summed E-state index contributed by atoms with van der Waals surface area (Å²) in [4.78, 5) is 4.52. The number of aromatic nitrogens is 1. The van der Waals surface area contributed by atoms with E-state index in [1.54, 1.807) is 30.6 Å². The zero-order valence-corrected chi connectivity index (χ0v) is 11.7. The molecule has 0 spiro atoms. The Bertz CT molecular complexity index is 762. The molecule has 2 nitrogen and oxygen atoms in total. The van der Waals surface area contributed by atoms with Crippen molar-refractivity contribution in [1.29, 1.82) is 0 Å². The molecular weight excluding hydrogens is 273 g/mol. The summed E-state index contributed by atoms with van der Waals surface area (Å²) in [7, 11) is 1.65. The van der Waals surface area contributed by atoms with E-state index in [9.17, 15) is 4.39 Å². The van der Waals surface area contributed by atoms with Crippen molar-refractivity contribution in [2.45, 2.75) is 0 Å². The molecule has 3 aromatic rings. The number of thiazole rings is 1. The highest BCUT2D eigenvalue weighted by atomic mass is 32.1. The average Bonchev–Trinajstić information content (AvgIpc) is 2.88. The summed E-state index contributed by atoms with van der Waals surface area (Å²) in [6, 6.07) is 12.2. The fraction of sp³-hybridized carbons (Fsp3) is 0.0625. The molecule has 0 amide bonds. The van der Waals surface area contributed by atoms with E-state index in [1.165, 1.54) is 12.1 Å². The first kappa shape index (κ1) is 12.8. The molecule has 2 aromatic carbocycles. The van der Waals surface area contributed by atoms with Gasteiger partial charge in [0.1, 0.15) is 16.6 Å². The van der Waals surface area contributed by atoms with E-state index in [4.69, 9.17) is 4.74 Å². The van der Waals surface area contributed by atoms with Crippen molar-refractivity contribution < 1.29 is 9.13 Å². The monoisotopic (exact) mass is 285 g/mol. The standard InChI is InChI=1S/C16H12FNOS/c1-19-13-7-8-14-15(10-13)20-16(18-14)9-4-11-2-5-12(17)6-3-11/h2-10H,1H3/b9-4+. The molecule has 0 N–H and O–H groups in total. The van der Waals surface area contributed by atoms with Gasteiger partial charge in [0.25, 0.3) is 0 Å². The highest BCUT2D eigenvalue weighted by Crippen LogP contribution is 2.27. The lowest BCUT2D eigenvalue weighted by molar-refractivity contribution is 0.415. The second-order valence-corrected chi connectivity index (χ2v) is 5.33. The van der Waals surface area contributed by atoms with Gasteiger partial charge >= 0.3 is 0 Å². The van der Waals surface area contributed by atoms with Crippen molar-refractivity contribution in [3.63, 3.8) is 0 Å². The Morgan fingerprint density at radius 1 is 1.10 bits per heavy atom. The van der Waals surface area contributed by atoms with Crippen LogP contribution in [0.3, 0.4) is 0 Å². The first-order chi connectivity index (χ1) is 9.74. The Morgan fingerprint density at radius 2 is 1.90 bits per heavy atom. The number of fused-ring (bicyclic) bond motifs is 1. The summed E-state index contributed by atoms with van der Waals surface area (Å²) in [5, 5.41) is 0.914. The van der Waals surface area contributed by atoms with E-state index in [0.717, 1.165) is 26.5 Å². The lowest BCUT2D eigenvalue weighted by Crippen LogP contribution is -1.80. The van der Waals surface area contributed by atoms with Crippen LogP contribution in [0.4, 0.5) is 4.39 Å². The molecule has 0 fully saturated rings. The van der Waals surface area contributed by atoms with E-state index in [2.05, 4.69) is 4.98 Å². The van der Waals surface area contributed by atoms with Crippen molar-refractivity contribution in [3.8, 4) is 5.75 Å². The molecule has 1 heterocycles. The van der Waals surface area contributed by atoms with Crippen molar-refractivity contribution in [2.24, 2.45) is 0 Å². The van der Waals surface area contributed by atoms with Crippen LogP contribution in [0.1, 0.15) is 10.6 Å². The second-order valence-electron chi connectivity index (χ2n) is 4.27. The molecule has 0 radical (unpaired) electrons. The lowest BCUT2D eigenvalue weighted by atomic mass is 10.2. The predicted molar refractivity (Wildman–Crippen MR) is 81.5 cm³/mol. The van der Waals surface area contributed by atoms with E-state index in [1.807, 2.05) is 30.4 Å². The molecule has 1 aromatic heterocycles. The van der Waals surface area contributed by atoms with E-state index >= 15 is 0 Å². The van der Waals surface area contributed by atoms with Gasteiger partial charge in [0.15, 0.2) is 0 Å². The van der Waals surface area contributed by atoms with E-state index in [-0.39, 0.29) is 5.82 Å². The van der Waals surface area contributed by atoms with Gasteiger partial charge in [-0.15, -0.1) is 11.3 Å². The van der Waals surface area contributed by atoms with Gasteiger partial charge in [-0.1, -0.05) is 18.2 Å². The van der Waals surface area contributed by atoms with Gasteiger partial charge in [0.2, 0.25) is 0 Å². The van der Waals surface area contributed by atoms with Crippen LogP contribution in [0.25, 0.3) is 22.4 Å². The van der Waals surface area contributed by atoms with Gasteiger partial charge in [-0.2, -0.15) is 0 Å². The molecule has 0 saturated heterocycles. The fourth-order valence-electron chi connectivity index (χ4n) is 1.86. The molecule has 0 aliphatic carbocycles. The maximum Gasteiger partial charge on any atom is 0.123 e. The number of benzene rings is 2. The number of hydrogen-bond acceptors (Lipinski definition) is 3. The van der Waals surface area contributed by atoms with Crippen LogP contribution in [0.2, 0.25) is 0 Å². The summed E-state index contributed by atoms with van der Waals surface area (Å²) in [6.07, 6.45) is 3.86. The molecule has 0 unspecified atom stereocenters. The number of hydrogen-bond donors (Lipinski definition) is 0. The third-order valence-electron chi connectivity index (χ3n) is 2.90. The number of nitrogens with zero attached hydrogens (tertiary/aromatic N) is 1. The van der Waals surface area contributed by atoms with Crippen LogP contribution in [0.5, 0.6) is 5.75 Å². The third kappa shape index (κ3) is 2.70. The summed E-state index contributed by atoms with van der Waals surface area (Å²) < 4.78 is 19.1. The van der Waals surface area contributed by atoms with Crippen LogP contribution in [0.15, 0.2) is 42.5 Å². The number of rotatable bonds is 3. The number of ether oxygens (including phenoxy) is 1. The summed E-state index contributed by atoms with van der Waals surface area (Å²) >= 11 is 1.60. The molecule has 0 aliphatic rings. The Labute approximate surface area is 120 Å². The maximum absolute atomic E-state index is 12.8. The Hall–Kier alpha value is -2.20. The van der Waals surface area contributed by atoms with E-state index < -0.39 is 0 Å².